The van der Waals surface area contributed by atoms with E-state index in [0.717, 1.165) is 39.9 Å². The fourth-order valence-electron chi connectivity index (χ4n) is 4.31. The second-order valence-corrected chi connectivity index (χ2v) is 8.84. The quantitative estimate of drug-likeness (QED) is 0.708. The molecule has 0 bridgehead atoms. The second kappa shape index (κ2) is 8.40. The van der Waals surface area contributed by atoms with Gasteiger partial charge < -0.3 is 14.7 Å². The normalized spacial score (nSPS) is 20.7. The Labute approximate surface area is 185 Å². The van der Waals surface area contributed by atoms with E-state index in [2.05, 4.69) is 21.2 Å². The van der Waals surface area contributed by atoms with Gasteiger partial charge in [0.15, 0.2) is 0 Å². The number of methoxy groups -OCH3 is 1. The number of ether oxygens (including phenoxy) is 1. The van der Waals surface area contributed by atoms with Gasteiger partial charge in [0, 0.05) is 61.1 Å². The molecule has 0 aliphatic carbocycles. The predicted octanol–water partition coefficient (Wildman–Crippen LogP) is 4.03. The molecule has 7 heteroatoms. The largest absolute Gasteiger partial charge is 0.508 e. The summed E-state index contributed by atoms with van der Waals surface area (Å²) in [5.41, 5.74) is 2.43. The van der Waals surface area contributed by atoms with Crippen molar-refractivity contribution in [1.82, 2.24) is 10.2 Å². The van der Waals surface area contributed by atoms with E-state index in [1.165, 1.54) is 0 Å². The number of hydrogen-bond donors (Lipinski definition) is 2. The number of likely N-dealkylation sites (tertiary alicyclic amines) is 1. The van der Waals surface area contributed by atoms with Crippen molar-refractivity contribution < 1.29 is 14.6 Å². The molecule has 158 valence electrons. The lowest BCUT2D eigenvalue weighted by atomic mass is 9.87. The SMILES string of the molecule is COc1ccc(C2=NC3(CCN(C(C)=O)CC3)N[C@@H](c3cc(Br)ccc3O)C2)cc1. The number of nitrogens with one attached hydrogen (secondary N) is 1. The molecule has 2 heterocycles. The third-order valence-electron chi connectivity index (χ3n) is 6.01. The lowest BCUT2D eigenvalue weighted by Crippen LogP contribution is -2.56. The van der Waals surface area contributed by atoms with E-state index < -0.39 is 5.66 Å². The fraction of sp³-hybridized carbons (Fsp3) is 0.391. The molecule has 30 heavy (non-hydrogen) atoms. The highest BCUT2D eigenvalue weighted by Gasteiger charge is 2.41. The van der Waals surface area contributed by atoms with Gasteiger partial charge in [-0.25, -0.2) is 0 Å². The topological polar surface area (TPSA) is 74.2 Å². The smallest absolute Gasteiger partial charge is 0.219 e. The highest BCUT2D eigenvalue weighted by molar-refractivity contribution is 9.10. The summed E-state index contributed by atoms with van der Waals surface area (Å²) in [6.07, 6.45) is 2.13. The Kier molecular flexibility index (Phi) is 5.84. The van der Waals surface area contributed by atoms with Crippen molar-refractivity contribution in [3.05, 3.63) is 58.1 Å². The van der Waals surface area contributed by atoms with Gasteiger partial charge in [-0.05, 0) is 48.0 Å². The average Bonchev–Trinajstić information content (AvgIpc) is 2.75. The van der Waals surface area contributed by atoms with Crippen LogP contribution in [-0.4, -0.2) is 47.5 Å². The van der Waals surface area contributed by atoms with Gasteiger partial charge in [0.1, 0.15) is 17.2 Å². The van der Waals surface area contributed by atoms with E-state index in [0.29, 0.717) is 19.5 Å². The lowest BCUT2D eigenvalue weighted by molar-refractivity contribution is -0.130. The van der Waals surface area contributed by atoms with Crippen molar-refractivity contribution in [2.45, 2.75) is 37.9 Å². The van der Waals surface area contributed by atoms with E-state index >= 15 is 0 Å². The summed E-state index contributed by atoms with van der Waals surface area (Å²) in [6, 6.07) is 13.4. The Hall–Kier alpha value is -2.38. The standard InChI is InChI=1S/C23H26BrN3O3/c1-15(28)27-11-9-23(10-12-27)25-20(16-3-6-18(30-2)7-4-16)14-21(26-23)19-13-17(24)5-8-22(19)29/h3-8,13,21,26,29H,9-12,14H2,1-2H3/t21-/m1/s1. The summed E-state index contributed by atoms with van der Waals surface area (Å²) in [7, 11) is 1.65. The summed E-state index contributed by atoms with van der Waals surface area (Å²) < 4.78 is 6.21. The summed E-state index contributed by atoms with van der Waals surface area (Å²) >= 11 is 3.52. The number of piperidine rings is 1. The van der Waals surface area contributed by atoms with Gasteiger partial charge in [0.05, 0.1) is 7.11 Å². The van der Waals surface area contributed by atoms with Gasteiger partial charge in [-0.1, -0.05) is 15.9 Å². The number of rotatable bonds is 3. The summed E-state index contributed by atoms with van der Waals surface area (Å²) in [5, 5.41) is 14.2. The molecule has 0 aromatic heterocycles. The first-order chi connectivity index (χ1) is 14.4. The number of carbonyl (C=O) groups is 1. The highest BCUT2D eigenvalue weighted by Crippen LogP contribution is 2.38. The Morgan fingerprint density at radius 2 is 1.93 bits per heavy atom. The zero-order valence-electron chi connectivity index (χ0n) is 17.2. The van der Waals surface area contributed by atoms with Crippen molar-refractivity contribution in [1.29, 1.82) is 0 Å². The molecule has 1 spiro atoms. The van der Waals surface area contributed by atoms with Crippen molar-refractivity contribution in [2.75, 3.05) is 20.2 Å². The fourth-order valence-corrected chi connectivity index (χ4v) is 4.69. The molecule has 1 atom stereocenters. The Balaban J connectivity index is 1.71. The third-order valence-corrected chi connectivity index (χ3v) is 6.51. The van der Waals surface area contributed by atoms with Gasteiger partial charge in [-0.3, -0.25) is 15.1 Å². The van der Waals surface area contributed by atoms with Crippen LogP contribution in [0.25, 0.3) is 0 Å². The molecule has 1 amide bonds. The molecule has 2 aliphatic rings. The molecule has 2 aromatic rings. The van der Waals surface area contributed by atoms with Crippen molar-refractivity contribution in [3.63, 3.8) is 0 Å². The van der Waals surface area contributed by atoms with Crippen LogP contribution >= 0.6 is 15.9 Å². The molecule has 4 rings (SSSR count). The van der Waals surface area contributed by atoms with Crippen LogP contribution in [0.15, 0.2) is 51.9 Å². The monoisotopic (exact) mass is 471 g/mol. The number of aliphatic imine (C=N–C) groups is 1. The van der Waals surface area contributed by atoms with Crippen LogP contribution in [-0.2, 0) is 4.79 Å². The van der Waals surface area contributed by atoms with Crippen LogP contribution in [0.1, 0.15) is 43.4 Å². The zero-order valence-corrected chi connectivity index (χ0v) is 18.8. The maximum atomic E-state index is 11.8. The second-order valence-electron chi connectivity index (χ2n) is 7.93. The molecule has 0 unspecified atom stereocenters. The number of hydrogen-bond acceptors (Lipinski definition) is 5. The maximum absolute atomic E-state index is 11.8. The first-order valence-corrected chi connectivity index (χ1v) is 10.9. The summed E-state index contributed by atoms with van der Waals surface area (Å²) in [5.74, 6) is 1.17. The van der Waals surface area contributed by atoms with Gasteiger partial charge in [-0.2, -0.15) is 0 Å². The summed E-state index contributed by atoms with van der Waals surface area (Å²) in [4.78, 5) is 18.8. The predicted molar refractivity (Wildman–Crippen MR) is 120 cm³/mol. The van der Waals surface area contributed by atoms with E-state index in [1.54, 1.807) is 20.1 Å². The molecule has 0 radical (unpaired) electrons. The number of benzene rings is 2. The number of aromatic hydroxyl groups is 1. The first kappa shape index (κ1) is 20.9. The zero-order chi connectivity index (χ0) is 21.3. The van der Waals surface area contributed by atoms with Crippen LogP contribution in [0.4, 0.5) is 0 Å². The van der Waals surface area contributed by atoms with Crippen molar-refractivity contribution >= 4 is 27.5 Å². The lowest BCUT2D eigenvalue weighted by Gasteiger charge is -2.45. The van der Waals surface area contributed by atoms with Gasteiger partial charge >= 0.3 is 0 Å². The minimum atomic E-state index is -0.459. The Morgan fingerprint density at radius 1 is 1.23 bits per heavy atom. The summed E-state index contributed by atoms with van der Waals surface area (Å²) in [6.45, 7) is 2.94. The Bertz CT molecular complexity index is 966. The average molecular weight is 472 g/mol. The molecular weight excluding hydrogens is 446 g/mol. The molecule has 0 saturated carbocycles. The number of phenolic OH excluding ortho intramolecular Hbond substituents is 1. The molecule has 2 aromatic carbocycles. The van der Waals surface area contributed by atoms with Crippen molar-refractivity contribution in [2.24, 2.45) is 4.99 Å². The maximum Gasteiger partial charge on any atom is 0.219 e. The van der Waals surface area contributed by atoms with E-state index in [1.807, 2.05) is 41.3 Å². The van der Waals surface area contributed by atoms with E-state index in [4.69, 9.17) is 9.73 Å². The van der Waals surface area contributed by atoms with Crippen molar-refractivity contribution in [3.8, 4) is 11.5 Å². The van der Waals surface area contributed by atoms with Gasteiger partial charge in [-0.15, -0.1) is 0 Å². The van der Waals surface area contributed by atoms with Crippen LogP contribution in [0.5, 0.6) is 11.5 Å². The molecule has 1 fully saturated rings. The van der Waals surface area contributed by atoms with Crippen LogP contribution < -0.4 is 10.1 Å². The number of phenols is 1. The highest BCUT2D eigenvalue weighted by atomic mass is 79.9. The van der Waals surface area contributed by atoms with Crippen LogP contribution in [0.3, 0.4) is 0 Å². The van der Waals surface area contributed by atoms with Crippen LogP contribution in [0, 0.1) is 0 Å². The molecule has 1 saturated heterocycles. The van der Waals surface area contributed by atoms with E-state index in [-0.39, 0.29) is 17.7 Å². The van der Waals surface area contributed by atoms with Crippen LogP contribution in [0.2, 0.25) is 0 Å². The minimum Gasteiger partial charge on any atom is -0.508 e. The molecule has 6 nitrogen and oxygen atoms in total. The first-order valence-electron chi connectivity index (χ1n) is 10.1. The number of amides is 1. The molecule has 2 N–H and O–H groups in total. The number of carbonyl (C=O) groups excluding carboxylic acids is 1. The van der Waals surface area contributed by atoms with E-state index in [9.17, 15) is 9.90 Å². The van der Waals surface area contributed by atoms with Gasteiger partial charge in [0.2, 0.25) is 5.91 Å². The minimum absolute atomic E-state index is 0.0824. The van der Waals surface area contributed by atoms with Gasteiger partial charge in [0.25, 0.3) is 0 Å². The third kappa shape index (κ3) is 4.23. The Morgan fingerprint density at radius 3 is 2.57 bits per heavy atom. The molecule has 2 aliphatic heterocycles. The number of halogens is 1. The number of nitrogens with zero attached hydrogens (tertiary/aromatic N) is 2. The molecular formula is C23H26BrN3O3.